The van der Waals surface area contributed by atoms with Gasteiger partial charge in [0.05, 0.1) is 17.7 Å². The van der Waals surface area contributed by atoms with Crippen molar-refractivity contribution in [1.29, 1.82) is 0 Å². The Labute approximate surface area is 219 Å². The highest BCUT2D eigenvalue weighted by Crippen LogP contribution is 2.35. The fraction of sp³-hybridized carbons (Fsp3) is 0.355. The number of hydrogen-bond donors (Lipinski definition) is 0. The lowest BCUT2D eigenvalue weighted by molar-refractivity contribution is 0.119. The number of methoxy groups -OCH3 is 1. The van der Waals surface area contributed by atoms with E-state index in [1.54, 1.807) is 7.11 Å². The SMILES string of the molecule is CCCCC(C(=C=O)c1ccc2c(Cl)c(OC)ccc2c1)N1CCN(CC=Cc2ccccc2)CC1. The molecular weight excluding hydrogens is 468 g/mol. The van der Waals surface area contributed by atoms with Gasteiger partial charge in [-0.15, -0.1) is 0 Å². The first-order valence-electron chi connectivity index (χ1n) is 12.8. The number of carbonyl (C=O) groups excluding carboxylic acids is 1. The molecule has 0 radical (unpaired) electrons. The van der Waals surface area contributed by atoms with E-state index >= 15 is 0 Å². The molecule has 0 N–H and O–H groups in total. The molecule has 5 heteroatoms. The second kappa shape index (κ2) is 12.9. The van der Waals surface area contributed by atoms with Crippen molar-refractivity contribution in [3.63, 3.8) is 0 Å². The number of halogens is 1. The van der Waals surface area contributed by atoms with Gasteiger partial charge in [0.2, 0.25) is 0 Å². The molecule has 4 rings (SSSR count). The van der Waals surface area contributed by atoms with Crippen molar-refractivity contribution in [2.75, 3.05) is 39.8 Å². The zero-order valence-electron chi connectivity index (χ0n) is 21.3. The van der Waals surface area contributed by atoms with E-state index in [0.29, 0.717) is 10.8 Å². The number of unbranched alkanes of at least 4 members (excludes halogenated alkanes) is 1. The molecule has 1 unspecified atom stereocenters. The van der Waals surface area contributed by atoms with Crippen LogP contribution in [0.2, 0.25) is 5.02 Å². The molecule has 0 spiro atoms. The van der Waals surface area contributed by atoms with E-state index in [2.05, 4.69) is 65.1 Å². The van der Waals surface area contributed by atoms with Gasteiger partial charge in [-0.2, -0.15) is 0 Å². The van der Waals surface area contributed by atoms with Crippen LogP contribution >= 0.6 is 11.6 Å². The Kier molecular flexibility index (Phi) is 9.38. The van der Waals surface area contributed by atoms with Crippen LogP contribution in [0.5, 0.6) is 5.75 Å². The molecule has 0 amide bonds. The monoisotopic (exact) mass is 502 g/mol. The summed E-state index contributed by atoms with van der Waals surface area (Å²) in [5.41, 5.74) is 2.90. The van der Waals surface area contributed by atoms with Crippen LogP contribution in [0, 0.1) is 0 Å². The van der Waals surface area contributed by atoms with E-state index in [4.69, 9.17) is 16.3 Å². The second-order valence-corrected chi connectivity index (χ2v) is 9.72. The predicted octanol–water partition coefficient (Wildman–Crippen LogP) is 6.61. The Morgan fingerprint density at radius 1 is 1.08 bits per heavy atom. The lowest BCUT2D eigenvalue weighted by Crippen LogP contribution is -2.50. The first-order valence-corrected chi connectivity index (χ1v) is 13.2. The summed E-state index contributed by atoms with van der Waals surface area (Å²) in [7, 11) is 1.62. The number of hydrogen-bond acceptors (Lipinski definition) is 4. The predicted molar refractivity (Wildman–Crippen MR) is 151 cm³/mol. The molecule has 1 fully saturated rings. The third-order valence-corrected chi connectivity index (χ3v) is 7.43. The van der Waals surface area contributed by atoms with Crippen LogP contribution in [0.15, 0.2) is 66.7 Å². The summed E-state index contributed by atoms with van der Waals surface area (Å²) in [6.45, 7) is 6.99. The Hall–Kier alpha value is -2.88. The molecular formula is C31H35ClN2O2. The molecule has 1 saturated heterocycles. The quantitative estimate of drug-likeness (QED) is 0.292. The van der Waals surface area contributed by atoms with Crippen molar-refractivity contribution < 1.29 is 9.53 Å². The molecule has 0 bridgehead atoms. The van der Waals surface area contributed by atoms with E-state index in [0.717, 1.165) is 73.9 Å². The highest BCUT2D eigenvalue weighted by Gasteiger charge is 2.27. The number of piperazine rings is 1. The Bertz CT molecular complexity index is 1230. The molecule has 188 valence electrons. The van der Waals surface area contributed by atoms with Gasteiger partial charge in [0.1, 0.15) is 11.7 Å². The standard InChI is InChI=1S/C31H35ClN2O2/c1-3-4-12-29(34-20-18-33(19-21-34)17-8-11-24-9-6-5-7-10-24)28(23-35)26-13-15-27-25(22-26)14-16-30(36-2)31(27)32/h5-11,13-16,22,29H,3-4,12,17-21H2,1-2H3. The number of ether oxygens (including phenoxy) is 1. The maximum atomic E-state index is 12.3. The average molecular weight is 503 g/mol. The largest absolute Gasteiger partial charge is 0.495 e. The molecule has 0 aromatic heterocycles. The van der Waals surface area contributed by atoms with Crippen LogP contribution in [0.3, 0.4) is 0 Å². The van der Waals surface area contributed by atoms with Crippen LogP contribution in [0.25, 0.3) is 22.4 Å². The molecule has 1 heterocycles. The number of rotatable bonds is 10. The first-order chi connectivity index (χ1) is 17.6. The van der Waals surface area contributed by atoms with E-state index in [9.17, 15) is 4.79 Å². The van der Waals surface area contributed by atoms with Crippen LogP contribution in [0.1, 0.15) is 37.3 Å². The van der Waals surface area contributed by atoms with Gasteiger partial charge in [-0.3, -0.25) is 9.80 Å². The fourth-order valence-electron chi connectivity index (χ4n) is 4.98. The third kappa shape index (κ3) is 6.27. The third-order valence-electron chi connectivity index (χ3n) is 7.04. The van der Waals surface area contributed by atoms with Crippen LogP contribution in [-0.4, -0.2) is 61.6 Å². The van der Waals surface area contributed by atoms with Crippen molar-refractivity contribution in [2.24, 2.45) is 0 Å². The fourth-order valence-corrected chi connectivity index (χ4v) is 5.30. The van der Waals surface area contributed by atoms with Gasteiger partial charge in [-0.25, -0.2) is 4.79 Å². The van der Waals surface area contributed by atoms with Crippen molar-refractivity contribution in [1.82, 2.24) is 9.80 Å². The van der Waals surface area contributed by atoms with Crippen molar-refractivity contribution in [3.8, 4) is 5.75 Å². The second-order valence-electron chi connectivity index (χ2n) is 9.34. The summed E-state index contributed by atoms with van der Waals surface area (Å²) < 4.78 is 5.36. The number of nitrogens with zero attached hydrogens (tertiary/aromatic N) is 2. The minimum absolute atomic E-state index is 0.0654. The summed E-state index contributed by atoms with van der Waals surface area (Å²) in [6.07, 6.45) is 7.56. The van der Waals surface area contributed by atoms with E-state index in [1.807, 2.05) is 30.3 Å². The van der Waals surface area contributed by atoms with Crippen molar-refractivity contribution in [2.45, 2.75) is 32.2 Å². The van der Waals surface area contributed by atoms with E-state index in [-0.39, 0.29) is 6.04 Å². The summed E-state index contributed by atoms with van der Waals surface area (Å²) in [5, 5.41) is 2.51. The Morgan fingerprint density at radius 2 is 1.86 bits per heavy atom. The zero-order valence-corrected chi connectivity index (χ0v) is 22.0. The molecule has 4 nitrogen and oxygen atoms in total. The van der Waals surface area contributed by atoms with Gasteiger partial charge >= 0.3 is 0 Å². The summed E-state index contributed by atoms with van der Waals surface area (Å²) in [4.78, 5) is 17.3. The topological polar surface area (TPSA) is 32.8 Å². The van der Waals surface area contributed by atoms with Gasteiger partial charge < -0.3 is 4.74 Å². The lowest BCUT2D eigenvalue weighted by atomic mass is 9.92. The van der Waals surface area contributed by atoms with Gasteiger partial charge in [0.25, 0.3) is 0 Å². The molecule has 36 heavy (non-hydrogen) atoms. The molecule has 1 aliphatic rings. The molecule has 1 aliphatic heterocycles. The molecule has 0 saturated carbocycles. The maximum absolute atomic E-state index is 12.3. The minimum Gasteiger partial charge on any atom is -0.495 e. The number of benzene rings is 3. The molecule has 3 aromatic rings. The van der Waals surface area contributed by atoms with E-state index in [1.165, 1.54) is 5.56 Å². The molecule has 3 aromatic carbocycles. The summed E-state index contributed by atoms with van der Waals surface area (Å²) >= 11 is 6.52. The lowest BCUT2D eigenvalue weighted by Gasteiger charge is -2.39. The Balaban J connectivity index is 1.47. The van der Waals surface area contributed by atoms with Gasteiger partial charge in [0.15, 0.2) is 0 Å². The van der Waals surface area contributed by atoms with Crippen molar-refractivity contribution >= 4 is 40.0 Å². The smallest absolute Gasteiger partial charge is 0.138 e. The van der Waals surface area contributed by atoms with Gasteiger partial charge in [0, 0.05) is 44.2 Å². The van der Waals surface area contributed by atoms with E-state index < -0.39 is 0 Å². The molecule has 0 aliphatic carbocycles. The normalized spacial score (nSPS) is 15.8. The number of fused-ring (bicyclic) bond motifs is 1. The molecule has 1 atom stereocenters. The minimum atomic E-state index is 0.0654. The first kappa shape index (κ1) is 26.2. The highest BCUT2D eigenvalue weighted by molar-refractivity contribution is 6.37. The zero-order chi connectivity index (χ0) is 25.3. The van der Waals surface area contributed by atoms with Crippen LogP contribution in [0.4, 0.5) is 0 Å². The van der Waals surface area contributed by atoms with Crippen LogP contribution in [-0.2, 0) is 4.79 Å². The van der Waals surface area contributed by atoms with Gasteiger partial charge in [-0.05, 0) is 35.1 Å². The summed E-state index contributed by atoms with van der Waals surface area (Å²) in [6, 6.07) is 20.4. The summed E-state index contributed by atoms with van der Waals surface area (Å²) in [5.74, 6) is 2.99. The maximum Gasteiger partial charge on any atom is 0.138 e. The van der Waals surface area contributed by atoms with Gasteiger partial charge in [-0.1, -0.05) is 92.0 Å². The van der Waals surface area contributed by atoms with Crippen molar-refractivity contribution in [3.05, 3.63) is 82.9 Å². The highest BCUT2D eigenvalue weighted by atomic mass is 35.5. The Morgan fingerprint density at radius 3 is 2.56 bits per heavy atom. The average Bonchev–Trinajstić information content (AvgIpc) is 2.92. The van der Waals surface area contributed by atoms with Crippen LogP contribution < -0.4 is 4.74 Å².